The maximum Gasteiger partial charge on any atom is 0.237 e. The molecule has 1 aliphatic rings. The summed E-state index contributed by atoms with van der Waals surface area (Å²) in [6, 6.07) is -1.89. The van der Waals surface area contributed by atoms with Crippen LogP contribution in [0.2, 0.25) is 0 Å². The Kier molecular flexibility index (Phi) is 33.6. The van der Waals surface area contributed by atoms with Crippen molar-refractivity contribution < 1.29 is 29.6 Å². The Morgan fingerprint density at radius 2 is 0.946 bits per heavy atom. The highest BCUT2D eigenvalue weighted by Gasteiger charge is 2.48. The van der Waals surface area contributed by atoms with Gasteiger partial charge in [-0.15, -0.1) is 0 Å². The van der Waals surface area contributed by atoms with Crippen LogP contribution in [0.5, 0.6) is 0 Å². The van der Waals surface area contributed by atoms with Gasteiger partial charge in [-0.2, -0.15) is 0 Å². The van der Waals surface area contributed by atoms with Crippen LogP contribution in [-0.4, -0.2) is 81.8 Å². The zero-order valence-electron chi connectivity index (χ0n) is 37.2. The number of amides is 2. The van der Waals surface area contributed by atoms with Crippen LogP contribution in [0.3, 0.4) is 0 Å². The van der Waals surface area contributed by atoms with Gasteiger partial charge in [-0.1, -0.05) is 214 Å². The molecule has 56 heavy (non-hydrogen) atoms. The van der Waals surface area contributed by atoms with Gasteiger partial charge in [0.25, 0.3) is 0 Å². The number of carbonyl (C=O) groups is 2. The summed E-state index contributed by atoms with van der Waals surface area (Å²) in [5, 5.41) is 34.8. The van der Waals surface area contributed by atoms with Crippen molar-refractivity contribution in [3.8, 4) is 0 Å². The molecule has 0 aromatic carbocycles. The second-order valence-corrected chi connectivity index (χ2v) is 17.6. The third-order valence-electron chi connectivity index (χ3n) is 12.1. The molecule has 0 aromatic rings. The summed E-state index contributed by atoms with van der Waals surface area (Å²) < 4.78 is 6.15. The Labute approximate surface area is 345 Å². The van der Waals surface area contributed by atoms with Crippen molar-refractivity contribution in [1.29, 1.82) is 0 Å². The lowest BCUT2D eigenvalue weighted by Crippen LogP contribution is -2.69. The fourth-order valence-corrected chi connectivity index (χ4v) is 8.10. The summed E-state index contributed by atoms with van der Waals surface area (Å²) in [6.45, 7) is 8.13. The third-order valence-corrected chi connectivity index (χ3v) is 12.1. The number of aliphatic hydroxyl groups is 3. The molecule has 0 aromatic heterocycles. The fraction of sp³-hybridized carbons (Fsp3) is 0.957. The van der Waals surface area contributed by atoms with Gasteiger partial charge in [0.05, 0.1) is 12.6 Å². The van der Waals surface area contributed by atoms with Crippen LogP contribution in [0.1, 0.15) is 233 Å². The van der Waals surface area contributed by atoms with Gasteiger partial charge >= 0.3 is 0 Å². The quantitative estimate of drug-likeness (QED) is 0.0391. The van der Waals surface area contributed by atoms with Gasteiger partial charge in [0.2, 0.25) is 11.8 Å². The molecular formula is C47H93N3O6. The van der Waals surface area contributed by atoms with E-state index in [0.717, 1.165) is 38.5 Å². The van der Waals surface area contributed by atoms with Crippen molar-refractivity contribution in [1.82, 2.24) is 10.2 Å². The van der Waals surface area contributed by atoms with E-state index < -0.39 is 49.1 Å². The monoisotopic (exact) mass is 796 g/mol. The zero-order valence-corrected chi connectivity index (χ0v) is 37.2. The maximum atomic E-state index is 13.9. The molecule has 332 valence electrons. The second-order valence-electron chi connectivity index (χ2n) is 17.6. The van der Waals surface area contributed by atoms with E-state index in [-0.39, 0.29) is 11.8 Å². The zero-order chi connectivity index (χ0) is 41.2. The maximum absolute atomic E-state index is 13.9. The molecule has 9 heteroatoms. The Bertz CT molecular complexity index is 922. The van der Waals surface area contributed by atoms with Crippen molar-refractivity contribution in [2.45, 2.75) is 270 Å². The van der Waals surface area contributed by atoms with Gasteiger partial charge in [-0.25, -0.2) is 0 Å². The minimum Gasteiger partial charge on any atom is -0.394 e. The van der Waals surface area contributed by atoms with Gasteiger partial charge in [0.15, 0.2) is 6.23 Å². The SMILES string of the molecule is CCCCCCCCCCCCCCCCCCN(C(=O)CCCCCCCCCCCCCCCCC)[C@@H]1O[C@H](CO)[C@@H](O)[C@H](O)[C@H]1NC(=O)[C@@H](N)C(C)C. The number of hydrogen-bond donors (Lipinski definition) is 5. The summed E-state index contributed by atoms with van der Waals surface area (Å²) in [5.74, 6) is -0.694. The average molecular weight is 796 g/mol. The van der Waals surface area contributed by atoms with Crippen LogP contribution in [-0.2, 0) is 14.3 Å². The molecule has 6 atom stereocenters. The van der Waals surface area contributed by atoms with Crippen molar-refractivity contribution in [2.24, 2.45) is 11.7 Å². The first-order valence-electron chi connectivity index (χ1n) is 24.2. The van der Waals surface area contributed by atoms with Gasteiger partial charge < -0.3 is 36.0 Å². The molecule has 1 fully saturated rings. The molecule has 1 rings (SSSR count). The van der Waals surface area contributed by atoms with E-state index in [0.29, 0.717) is 13.0 Å². The summed E-state index contributed by atoms with van der Waals surface area (Å²) in [4.78, 5) is 28.7. The number of nitrogens with two attached hydrogens (primary N) is 1. The second kappa shape index (κ2) is 35.7. The van der Waals surface area contributed by atoms with Crippen LogP contribution in [0.25, 0.3) is 0 Å². The highest BCUT2D eigenvalue weighted by molar-refractivity contribution is 5.82. The first-order chi connectivity index (χ1) is 27.2. The lowest BCUT2D eigenvalue weighted by atomic mass is 9.94. The van der Waals surface area contributed by atoms with Crippen molar-refractivity contribution in [3.05, 3.63) is 0 Å². The number of rotatable bonds is 38. The third kappa shape index (κ3) is 24.6. The van der Waals surface area contributed by atoms with E-state index in [1.807, 2.05) is 13.8 Å². The number of nitrogens with one attached hydrogen (secondary N) is 1. The molecule has 0 spiro atoms. The Balaban J connectivity index is 2.61. The van der Waals surface area contributed by atoms with E-state index in [9.17, 15) is 24.9 Å². The number of hydrogen-bond acceptors (Lipinski definition) is 7. The molecule has 9 nitrogen and oxygen atoms in total. The van der Waals surface area contributed by atoms with Crippen molar-refractivity contribution in [3.63, 3.8) is 0 Å². The molecule has 1 saturated heterocycles. The molecule has 0 unspecified atom stereocenters. The van der Waals surface area contributed by atoms with Crippen molar-refractivity contribution in [2.75, 3.05) is 13.2 Å². The van der Waals surface area contributed by atoms with Crippen LogP contribution < -0.4 is 11.1 Å². The van der Waals surface area contributed by atoms with Gasteiger partial charge in [-0.05, 0) is 18.8 Å². The number of aliphatic hydroxyl groups excluding tert-OH is 3. The smallest absolute Gasteiger partial charge is 0.237 e. The minimum atomic E-state index is -1.43. The fourth-order valence-electron chi connectivity index (χ4n) is 8.10. The normalized spacial score (nSPS) is 20.4. The minimum absolute atomic E-state index is 0.0849. The lowest BCUT2D eigenvalue weighted by Gasteiger charge is -2.47. The van der Waals surface area contributed by atoms with Gasteiger partial charge in [0.1, 0.15) is 24.4 Å². The van der Waals surface area contributed by atoms with E-state index in [4.69, 9.17) is 10.5 Å². The number of unbranched alkanes of at least 4 members (excludes halogenated alkanes) is 29. The number of ether oxygens (including phenoxy) is 1. The summed E-state index contributed by atoms with van der Waals surface area (Å²) in [7, 11) is 0. The summed E-state index contributed by atoms with van der Waals surface area (Å²) >= 11 is 0. The largest absolute Gasteiger partial charge is 0.394 e. The van der Waals surface area contributed by atoms with Gasteiger partial charge in [0, 0.05) is 13.0 Å². The molecule has 1 heterocycles. The molecule has 2 amide bonds. The Hall–Kier alpha value is -1.26. The van der Waals surface area contributed by atoms with E-state index in [1.54, 1.807) is 4.90 Å². The molecular weight excluding hydrogens is 703 g/mol. The number of carbonyl (C=O) groups excluding carboxylic acids is 2. The highest BCUT2D eigenvalue weighted by atomic mass is 16.5. The first-order valence-corrected chi connectivity index (χ1v) is 24.2. The Morgan fingerprint density at radius 3 is 1.30 bits per heavy atom. The topological polar surface area (TPSA) is 145 Å². The van der Waals surface area contributed by atoms with Crippen molar-refractivity contribution >= 4 is 11.8 Å². The van der Waals surface area contributed by atoms with E-state index in [2.05, 4.69) is 19.2 Å². The predicted molar refractivity (Wildman–Crippen MR) is 233 cm³/mol. The predicted octanol–water partition coefficient (Wildman–Crippen LogP) is 10.2. The molecule has 0 radical (unpaired) electrons. The molecule has 0 aliphatic carbocycles. The standard InChI is InChI=1S/C47H93N3O6/c1-5-7-9-11-13-15-17-19-21-23-25-27-29-31-33-35-37-50(41(52)36-34-32-30-28-26-24-22-20-18-16-14-12-10-8-6-2)47-43(49-46(55)42(48)39(3)4)45(54)44(53)40(38-51)56-47/h39-40,42-45,47,51,53-54H,5-38,48H2,1-4H3,(H,49,55)/t40-,42+,43-,44-,45-,47-/m1/s1. The molecule has 0 saturated carbocycles. The number of nitrogens with zero attached hydrogens (tertiary/aromatic N) is 1. The molecule has 0 bridgehead atoms. The first kappa shape index (κ1) is 52.8. The molecule has 1 aliphatic heterocycles. The van der Waals surface area contributed by atoms with Crippen LogP contribution in [0.4, 0.5) is 0 Å². The highest BCUT2D eigenvalue weighted by Crippen LogP contribution is 2.26. The molecule has 6 N–H and O–H groups in total. The summed E-state index contributed by atoms with van der Waals surface area (Å²) in [5.41, 5.74) is 6.15. The van der Waals surface area contributed by atoms with Gasteiger partial charge in [-0.3, -0.25) is 9.59 Å². The average Bonchev–Trinajstić information content (AvgIpc) is 3.19. The van der Waals surface area contributed by atoms with E-state index in [1.165, 1.54) is 161 Å². The lowest BCUT2D eigenvalue weighted by molar-refractivity contribution is -0.231. The Morgan fingerprint density at radius 1 is 0.589 bits per heavy atom. The van der Waals surface area contributed by atoms with Crippen LogP contribution >= 0.6 is 0 Å². The summed E-state index contributed by atoms with van der Waals surface area (Å²) in [6.07, 6.45) is 34.3. The van der Waals surface area contributed by atoms with E-state index >= 15 is 0 Å². The van der Waals surface area contributed by atoms with Crippen LogP contribution in [0.15, 0.2) is 0 Å². The van der Waals surface area contributed by atoms with Crippen LogP contribution in [0, 0.1) is 5.92 Å².